The van der Waals surface area contributed by atoms with Crippen molar-refractivity contribution in [2.45, 2.75) is 50.7 Å². The van der Waals surface area contributed by atoms with Crippen LogP contribution in [0.15, 0.2) is 17.2 Å². The van der Waals surface area contributed by atoms with Crippen molar-refractivity contribution in [3.8, 4) is 0 Å². The fourth-order valence-corrected chi connectivity index (χ4v) is 4.18. The van der Waals surface area contributed by atoms with E-state index in [1.807, 2.05) is 31.6 Å². The van der Waals surface area contributed by atoms with E-state index in [1.165, 1.54) is 4.31 Å². The molecular weight excluding hydrogens is 306 g/mol. The number of hydrogen-bond donors (Lipinski definition) is 1. The van der Waals surface area contributed by atoms with Gasteiger partial charge in [0.25, 0.3) is 0 Å². The highest BCUT2D eigenvalue weighted by Crippen LogP contribution is 2.23. The molecule has 0 saturated carbocycles. The molecule has 1 heterocycles. The largest absolute Gasteiger partial charge is 0.346 e. The predicted octanol–water partition coefficient (Wildman–Crippen LogP) is 2.29. The van der Waals surface area contributed by atoms with Gasteiger partial charge in [-0.15, -0.1) is 0 Å². The second-order valence-electron chi connectivity index (χ2n) is 5.52. The first-order valence-corrected chi connectivity index (χ1v) is 9.96. The molecule has 7 heteroatoms. The Kier molecular flexibility index (Phi) is 6.77. The lowest BCUT2D eigenvalue weighted by Gasteiger charge is -2.23. The fraction of sp³-hybridized carbons (Fsp3) is 0.714. The maximum Gasteiger partial charge on any atom is 0.244 e. The van der Waals surface area contributed by atoms with Gasteiger partial charge in [0.15, 0.2) is 0 Å². The van der Waals surface area contributed by atoms with Crippen LogP contribution in [0, 0.1) is 0 Å². The lowest BCUT2D eigenvalue weighted by molar-refractivity contribution is 0.382. The molecule has 0 fully saturated rings. The van der Waals surface area contributed by atoms with E-state index in [0.29, 0.717) is 11.4 Å². The number of nitrogens with two attached hydrogens (primary N) is 1. The Labute approximate surface area is 132 Å². The van der Waals surface area contributed by atoms with E-state index in [1.54, 1.807) is 31.1 Å². The van der Waals surface area contributed by atoms with Gasteiger partial charge in [0.1, 0.15) is 4.90 Å². The Balaban J connectivity index is 3.07. The second kappa shape index (κ2) is 7.67. The minimum Gasteiger partial charge on any atom is -0.346 e. The molecule has 1 aromatic rings. The lowest BCUT2D eigenvalue weighted by atomic mass is 10.3. The fourth-order valence-electron chi connectivity index (χ4n) is 2.16. The Morgan fingerprint density at radius 2 is 2.00 bits per heavy atom. The number of nitrogens with zero attached hydrogens (tertiary/aromatic N) is 2. The minimum absolute atomic E-state index is 0.0221. The summed E-state index contributed by atoms with van der Waals surface area (Å²) in [6.45, 7) is 6.30. The number of thioether (sulfide) groups is 1. The molecule has 0 saturated heterocycles. The summed E-state index contributed by atoms with van der Waals surface area (Å²) in [6, 6.07) is 1.85. The zero-order chi connectivity index (χ0) is 16.2. The quantitative estimate of drug-likeness (QED) is 0.792. The molecule has 0 radical (unpaired) electrons. The van der Waals surface area contributed by atoms with Gasteiger partial charge < -0.3 is 10.3 Å². The first-order chi connectivity index (χ1) is 9.75. The third-order valence-corrected chi connectivity index (χ3v) is 6.29. The molecule has 1 atom stereocenters. The average Bonchev–Trinajstić information content (AvgIpc) is 2.88. The summed E-state index contributed by atoms with van der Waals surface area (Å²) in [5, 5.41) is 0. The van der Waals surface area contributed by atoms with Crippen molar-refractivity contribution in [3.05, 3.63) is 18.0 Å². The van der Waals surface area contributed by atoms with Crippen LogP contribution in [0.4, 0.5) is 0 Å². The van der Waals surface area contributed by atoms with Crippen molar-refractivity contribution < 1.29 is 8.42 Å². The SMILES string of the molecule is CSCCC(C)N(C)S(=O)(=O)c1cc(CN)n(C(C)C)c1. The first-order valence-electron chi connectivity index (χ1n) is 7.13. The summed E-state index contributed by atoms with van der Waals surface area (Å²) in [5.41, 5.74) is 6.56. The van der Waals surface area contributed by atoms with Gasteiger partial charge in [-0.2, -0.15) is 16.1 Å². The average molecular weight is 334 g/mol. The van der Waals surface area contributed by atoms with Gasteiger partial charge in [-0.1, -0.05) is 0 Å². The standard InChI is InChI=1S/C14H27N3O2S2/c1-11(2)17-10-14(8-13(17)9-15)21(18,19)16(4)12(3)6-7-20-5/h8,10-12H,6-7,9,15H2,1-5H3. The predicted molar refractivity (Wildman–Crippen MR) is 90.1 cm³/mol. The van der Waals surface area contributed by atoms with Gasteiger partial charge in [0, 0.05) is 37.6 Å². The zero-order valence-corrected chi connectivity index (χ0v) is 15.2. The van der Waals surface area contributed by atoms with Gasteiger partial charge in [-0.05, 0) is 45.3 Å². The van der Waals surface area contributed by atoms with Crippen LogP contribution in [-0.2, 0) is 16.6 Å². The molecule has 0 aliphatic rings. The Hall–Kier alpha value is -0.500. The number of hydrogen-bond acceptors (Lipinski definition) is 4. The molecule has 1 rings (SSSR count). The smallest absolute Gasteiger partial charge is 0.244 e. The second-order valence-corrected chi connectivity index (χ2v) is 8.51. The summed E-state index contributed by atoms with van der Waals surface area (Å²) in [5.74, 6) is 0.947. The van der Waals surface area contributed by atoms with Crippen LogP contribution >= 0.6 is 11.8 Å². The van der Waals surface area contributed by atoms with Crippen LogP contribution < -0.4 is 5.73 Å². The molecule has 5 nitrogen and oxygen atoms in total. The van der Waals surface area contributed by atoms with E-state index in [4.69, 9.17) is 5.73 Å². The van der Waals surface area contributed by atoms with Gasteiger partial charge >= 0.3 is 0 Å². The van der Waals surface area contributed by atoms with Crippen molar-refractivity contribution in [1.29, 1.82) is 0 Å². The van der Waals surface area contributed by atoms with Crippen LogP contribution in [0.2, 0.25) is 0 Å². The Morgan fingerprint density at radius 1 is 1.38 bits per heavy atom. The third-order valence-electron chi connectivity index (χ3n) is 3.71. The normalized spacial score (nSPS) is 14.1. The highest BCUT2D eigenvalue weighted by molar-refractivity contribution is 7.98. The topological polar surface area (TPSA) is 68.3 Å². The maximum absolute atomic E-state index is 12.7. The number of aromatic nitrogens is 1. The van der Waals surface area contributed by atoms with Crippen molar-refractivity contribution in [3.63, 3.8) is 0 Å². The van der Waals surface area contributed by atoms with Crippen LogP contribution in [0.25, 0.3) is 0 Å². The van der Waals surface area contributed by atoms with Crippen molar-refractivity contribution in [2.75, 3.05) is 19.1 Å². The molecular formula is C14H27N3O2S2. The summed E-state index contributed by atoms with van der Waals surface area (Å²) < 4.78 is 28.8. The van der Waals surface area contributed by atoms with Crippen molar-refractivity contribution in [2.24, 2.45) is 5.73 Å². The number of sulfonamides is 1. The Morgan fingerprint density at radius 3 is 2.43 bits per heavy atom. The summed E-state index contributed by atoms with van der Waals surface area (Å²) >= 11 is 1.73. The molecule has 0 spiro atoms. The molecule has 2 N–H and O–H groups in total. The molecule has 1 unspecified atom stereocenters. The van der Waals surface area contributed by atoms with Gasteiger partial charge in [0.2, 0.25) is 10.0 Å². The molecule has 0 aromatic carbocycles. The molecule has 0 bridgehead atoms. The summed E-state index contributed by atoms with van der Waals surface area (Å²) in [7, 11) is -1.82. The highest BCUT2D eigenvalue weighted by atomic mass is 32.2. The van der Waals surface area contributed by atoms with E-state index >= 15 is 0 Å². The van der Waals surface area contributed by atoms with Gasteiger partial charge in [0.05, 0.1) is 0 Å². The van der Waals surface area contributed by atoms with Crippen LogP contribution in [0.1, 0.15) is 38.9 Å². The first kappa shape index (κ1) is 18.5. The Bertz CT molecular complexity index is 553. The molecule has 21 heavy (non-hydrogen) atoms. The number of rotatable bonds is 8. The zero-order valence-electron chi connectivity index (χ0n) is 13.5. The van der Waals surface area contributed by atoms with Gasteiger partial charge in [-0.25, -0.2) is 8.42 Å². The molecule has 0 aliphatic carbocycles. The van der Waals surface area contributed by atoms with Crippen LogP contribution in [-0.4, -0.2) is 42.4 Å². The third kappa shape index (κ3) is 4.25. The highest BCUT2D eigenvalue weighted by Gasteiger charge is 2.27. The summed E-state index contributed by atoms with van der Waals surface area (Å²) in [4.78, 5) is 0.329. The van der Waals surface area contributed by atoms with E-state index in [2.05, 4.69) is 0 Å². The van der Waals surface area contributed by atoms with E-state index in [9.17, 15) is 8.42 Å². The van der Waals surface area contributed by atoms with Crippen molar-refractivity contribution in [1.82, 2.24) is 8.87 Å². The van der Waals surface area contributed by atoms with Crippen LogP contribution in [0.3, 0.4) is 0 Å². The van der Waals surface area contributed by atoms with Crippen LogP contribution in [0.5, 0.6) is 0 Å². The maximum atomic E-state index is 12.7. The monoisotopic (exact) mass is 333 g/mol. The van der Waals surface area contributed by atoms with E-state index in [-0.39, 0.29) is 12.1 Å². The molecule has 122 valence electrons. The lowest BCUT2D eigenvalue weighted by Crippen LogP contribution is -2.35. The van der Waals surface area contributed by atoms with E-state index in [0.717, 1.165) is 17.9 Å². The van der Waals surface area contributed by atoms with Gasteiger partial charge in [-0.3, -0.25) is 0 Å². The van der Waals surface area contributed by atoms with E-state index < -0.39 is 10.0 Å². The molecule has 0 amide bonds. The van der Waals surface area contributed by atoms with Crippen molar-refractivity contribution >= 4 is 21.8 Å². The minimum atomic E-state index is -3.47. The summed E-state index contributed by atoms with van der Waals surface area (Å²) in [6.07, 6.45) is 4.56. The molecule has 1 aromatic heterocycles. The molecule has 0 aliphatic heterocycles.